The number of aromatic nitrogens is 1. The maximum absolute atomic E-state index is 6.30. The van der Waals surface area contributed by atoms with E-state index in [4.69, 9.17) is 11.6 Å². The summed E-state index contributed by atoms with van der Waals surface area (Å²) in [4.78, 5) is 9.76. The fourth-order valence-electron chi connectivity index (χ4n) is 3.89. The Labute approximate surface area is 142 Å². The molecular weight excluding hydrogens is 308 g/mol. The monoisotopic (exact) mass is 330 g/mol. The minimum Gasteiger partial charge on any atom is -0.314 e. The Balaban J connectivity index is 1.48. The number of likely N-dealkylation sites (tertiary alicyclic amines) is 1. The maximum Gasteiger partial charge on any atom is 0.0747 e. The van der Waals surface area contributed by atoms with Gasteiger partial charge in [0.05, 0.1) is 5.52 Å². The van der Waals surface area contributed by atoms with Crippen LogP contribution in [-0.4, -0.2) is 60.1 Å². The van der Waals surface area contributed by atoms with E-state index in [0.717, 1.165) is 48.6 Å². The zero-order valence-corrected chi connectivity index (χ0v) is 14.1. The van der Waals surface area contributed by atoms with Gasteiger partial charge in [-0.3, -0.25) is 14.8 Å². The van der Waals surface area contributed by atoms with Gasteiger partial charge in [0.1, 0.15) is 0 Å². The molecule has 1 unspecified atom stereocenters. The molecule has 1 aromatic heterocycles. The molecule has 3 heterocycles. The van der Waals surface area contributed by atoms with Crippen LogP contribution in [0, 0.1) is 0 Å². The Hall–Kier alpha value is -1.20. The predicted molar refractivity (Wildman–Crippen MR) is 94.9 cm³/mol. The largest absolute Gasteiger partial charge is 0.314 e. The minimum absolute atomic E-state index is 0.704. The van der Waals surface area contributed by atoms with Crippen molar-refractivity contribution in [2.75, 3.05) is 39.3 Å². The lowest BCUT2D eigenvalue weighted by Gasteiger charge is -2.32. The van der Waals surface area contributed by atoms with Crippen molar-refractivity contribution in [3.05, 3.63) is 41.0 Å². The van der Waals surface area contributed by atoms with Crippen LogP contribution in [0.3, 0.4) is 0 Å². The van der Waals surface area contributed by atoms with Crippen molar-refractivity contribution in [1.82, 2.24) is 20.1 Å². The SMILES string of the molecule is Clc1cc(CN2CCC(N3CCNCC3)C2)c2ncccc2c1. The van der Waals surface area contributed by atoms with E-state index in [0.29, 0.717) is 6.04 Å². The molecule has 2 aromatic rings. The van der Waals surface area contributed by atoms with E-state index in [-0.39, 0.29) is 0 Å². The van der Waals surface area contributed by atoms with Crippen LogP contribution in [0.4, 0.5) is 0 Å². The van der Waals surface area contributed by atoms with Gasteiger partial charge in [0.2, 0.25) is 0 Å². The average molecular weight is 331 g/mol. The summed E-state index contributed by atoms with van der Waals surface area (Å²) in [7, 11) is 0. The van der Waals surface area contributed by atoms with Crippen LogP contribution in [0.1, 0.15) is 12.0 Å². The summed E-state index contributed by atoms with van der Waals surface area (Å²) in [5, 5.41) is 5.37. The van der Waals surface area contributed by atoms with Gasteiger partial charge in [-0.25, -0.2) is 0 Å². The van der Waals surface area contributed by atoms with Crippen LogP contribution in [0.25, 0.3) is 10.9 Å². The Kier molecular flexibility index (Phi) is 4.49. The second kappa shape index (κ2) is 6.73. The van der Waals surface area contributed by atoms with Crippen molar-refractivity contribution in [3.63, 3.8) is 0 Å². The minimum atomic E-state index is 0.704. The number of nitrogens with one attached hydrogen (secondary N) is 1. The van der Waals surface area contributed by atoms with Crippen LogP contribution in [0.5, 0.6) is 0 Å². The van der Waals surface area contributed by atoms with Crippen LogP contribution in [0.2, 0.25) is 5.02 Å². The molecule has 2 aliphatic heterocycles. The van der Waals surface area contributed by atoms with Crippen molar-refractivity contribution in [1.29, 1.82) is 0 Å². The Morgan fingerprint density at radius 3 is 2.96 bits per heavy atom. The highest BCUT2D eigenvalue weighted by Crippen LogP contribution is 2.25. The molecule has 1 atom stereocenters. The highest BCUT2D eigenvalue weighted by atomic mass is 35.5. The van der Waals surface area contributed by atoms with Gasteiger partial charge in [-0.2, -0.15) is 0 Å². The molecule has 0 radical (unpaired) electrons. The fourth-order valence-corrected chi connectivity index (χ4v) is 4.14. The first-order valence-electron chi connectivity index (χ1n) is 8.50. The molecule has 5 heteroatoms. The zero-order valence-electron chi connectivity index (χ0n) is 13.3. The van der Waals surface area contributed by atoms with Crippen molar-refractivity contribution in [3.8, 4) is 0 Å². The Morgan fingerprint density at radius 2 is 2.09 bits per heavy atom. The summed E-state index contributed by atoms with van der Waals surface area (Å²) < 4.78 is 0. The zero-order chi connectivity index (χ0) is 15.6. The Morgan fingerprint density at radius 1 is 1.22 bits per heavy atom. The second-order valence-corrected chi connectivity index (χ2v) is 7.04. The number of halogens is 1. The first kappa shape index (κ1) is 15.3. The molecule has 23 heavy (non-hydrogen) atoms. The molecule has 0 amide bonds. The maximum atomic E-state index is 6.30. The number of benzene rings is 1. The summed E-state index contributed by atoms with van der Waals surface area (Å²) in [6, 6.07) is 8.84. The van der Waals surface area contributed by atoms with Gasteiger partial charge in [0.15, 0.2) is 0 Å². The number of piperazine rings is 1. The standard InChI is InChI=1S/C18H23ClN4/c19-16-10-14-2-1-4-21-18(14)15(11-16)12-22-7-3-17(13-22)23-8-5-20-6-9-23/h1-2,4,10-11,17,20H,3,5-9,12-13H2. The number of hydrogen-bond donors (Lipinski definition) is 1. The molecule has 1 aromatic carbocycles. The van der Waals surface area contributed by atoms with Gasteiger partial charge in [-0.1, -0.05) is 17.7 Å². The summed E-state index contributed by atoms with van der Waals surface area (Å²) >= 11 is 6.30. The highest BCUT2D eigenvalue weighted by Gasteiger charge is 2.28. The van der Waals surface area contributed by atoms with E-state index < -0.39 is 0 Å². The number of nitrogens with zero attached hydrogens (tertiary/aromatic N) is 3. The van der Waals surface area contributed by atoms with Crippen molar-refractivity contribution in [2.24, 2.45) is 0 Å². The molecule has 0 spiro atoms. The van der Waals surface area contributed by atoms with Crippen molar-refractivity contribution < 1.29 is 0 Å². The van der Waals surface area contributed by atoms with Crippen molar-refractivity contribution >= 4 is 22.5 Å². The normalized spacial score (nSPS) is 23.6. The van der Waals surface area contributed by atoms with E-state index in [2.05, 4.69) is 32.2 Å². The summed E-state index contributed by atoms with van der Waals surface area (Å²) in [5.74, 6) is 0. The number of rotatable bonds is 3. The quantitative estimate of drug-likeness (QED) is 0.936. The lowest BCUT2D eigenvalue weighted by atomic mass is 10.1. The van der Waals surface area contributed by atoms with Gasteiger partial charge >= 0.3 is 0 Å². The number of hydrogen-bond acceptors (Lipinski definition) is 4. The molecule has 2 aliphatic rings. The molecule has 1 N–H and O–H groups in total. The third-order valence-corrected chi connectivity index (χ3v) is 5.28. The molecule has 122 valence electrons. The van der Waals surface area contributed by atoms with E-state index in [1.165, 1.54) is 25.1 Å². The number of pyridine rings is 1. The van der Waals surface area contributed by atoms with Gasteiger partial charge in [0, 0.05) is 68.5 Å². The fraction of sp³-hybridized carbons (Fsp3) is 0.500. The third-order valence-electron chi connectivity index (χ3n) is 5.06. The van der Waals surface area contributed by atoms with Crippen LogP contribution in [0.15, 0.2) is 30.5 Å². The predicted octanol–water partition coefficient (Wildman–Crippen LogP) is 2.37. The molecule has 4 rings (SSSR count). The smallest absolute Gasteiger partial charge is 0.0747 e. The van der Waals surface area contributed by atoms with Crippen LogP contribution >= 0.6 is 11.6 Å². The lowest BCUT2D eigenvalue weighted by Crippen LogP contribution is -2.49. The molecule has 2 saturated heterocycles. The molecule has 0 aliphatic carbocycles. The summed E-state index contributed by atoms with van der Waals surface area (Å²) in [5.41, 5.74) is 2.33. The molecule has 2 fully saturated rings. The first-order chi connectivity index (χ1) is 11.3. The van der Waals surface area contributed by atoms with E-state index in [1.807, 2.05) is 18.3 Å². The van der Waals surface area contributed by atoms with E-state index >= 15 is 0 Å². The number of fused-ring (bicyclic) bond motifs is 1. The van der Waals surface area contributed by atoms with Gasteiger partial charge < -0.3 is 5.32 Å². The second-order valence-electron chi connectivity index (χ2n) is 6.60. The average Bonchev–Trinajstić information content (AvgIpc) is 3.04. The highest BCUT2D eigenvalue weighted by molar-refractivity contribution is 6.31. The van der Waals surface area contributed by atoms with Crippen LogP contribution < -0.4 is 5.32 Å². The van der Waals surface area contributed by atoms with E-state index in [1.54, 1.807) is 0 Å². The topological polar surface area (TPSA) is 31.4 Å². The summed E-state index contributed by atoms with van der Waals surface area (Å²) in [6.45, 7) is 7.87. The summed E-state index contributed by atoms with van der Waals surface area (Å²) in [6.07, 6.45) is 3.14. The van der Waals surface area contributed by atoms with Crippen LogP contribution in [-0.2, 0) is 6.54 Å². The van der Waals surface area contributed by atoms with Crippen molar-refractivity contribution in [2.45, 2.75) is 19.0 Å². The first-order valence-corrected chi connectivity index (χ1v) is 8.88. The molecule has 0 bridgehead atoms. The third kappa shape index (κ3) is 3.36. The lowest BCUT2D eigenvalue weighted by molar-refractivity contribution is 0.170. The van der Waals surface area contributed by atoms with Gasteiger partial charge in [-0.05, 0) is 30.2 Å². The van der Waals surface area contributed by atoms with E-state index in [9.17, 15) is 0 Å². The molecular formula is C18H23ClN4. The van der Waals surface area contributed by atoms with Gasteiger partial charge in [-0.15, -0.1) is 0 Å². The molecule has 4 nitrogen and oxygen atoms in total. The Bertz CT molecular complexity index is 684. The molecule has 0 saturated carbocycles. The van der Waals surface area contributed by atoms with Gasteiger partial charge in [0.25, 0.3) is 0 Å².